The molecule has 0 fully saturated rings. The highest BCUT2D eigenvalue weighted by Crippen LogP contribution is 2.56. The van der Waals surface area contributed by atoms with Gasteiger partial charge in [0.15, 0.2) is 0 Å². The van der Waals surface area contributed by atoms with Gasteiger partial charge in [0.1, 0.15) is 23.2 Å². The predicted molar refractivity (Wildman–Crippen MR) is 157 cm³/mol. The van der Waals surface area contributed by atoms with E-state index in [9.17, 15) is 4.79 Å². The molecule has 0 saturated carbocycles. The van der Waals surface area contributed by atoms with Gasteiger partial charge >= 0.3 is 5.97 Å². The van der Waals surface area contributed by atoms with Crippen LogP contribution in [0.25, 0.3) is 0 Å². The van der Waals surface area contributed by atoms with E-state index in [1.807, 2.05) is 6.92 Å². The smallest absolute Gasteiger partial charge is 0.305 e. The van der Waals surface area contributed by atoms with Crippen LogP contribution in [0.5, 0.6) is 0 Å². The van der Waals surface area contributed by atoms with E-state index in [0.29, 0.717) is 13.0 Å². The van der Waals surface area contributed by atoms with E-state index >= 15 is 0 Å². The highest BCUT2D eigenvalue weighted by molar-refractivity contribution is 7.95. The fourth-order valence-corrected chi connectivity index (χ4v) is 9.56. The molecule has 0 aliphatic rings. The number of hydrogen-bond acceptors (Lipinski definition) is 2. The second-order valence-electron chi connectivity index (χ2n) is 9.63. The van der Waals surface area contributed by atoms with E-state index in [1.165, 1.54) is 73.4 Å². The summed E-state index contributed by atoms with van der Waals surface area (Å²) in [6.45, 7) is 2.36. The lowest BCUT2D eigenvalue weighted by Crippen LogP contribution is -2.33. The standard InChI is InChI=1S/C33H44O2P/c1-2-35-33(34)28-20-9-7-5-3-4-6-8-10-21-29-36(30-22-14-11-15-23-30,31-24-16-12-17-25-31)32-26-18-13-19-27-32/h11-19,22-27H,2-10,20-21,28-29H2,1H3/q+1. The minimum Gasteiger partial charge on any atom is -0.466 e. The topological polar surface area (TPSA) is 26.3 Å². The van der Waals surface area contributed by atoms with Gasteiger partial charge in [-0.05, 0) is 62.6 Å². The van der Waals surface area contributed by atoms with Crippen LogP contribution in [-0.2, 0) is 9.53 Å². The van der Waals surface area contributed by atoms with Crippen LogP contribution in [0.2, 0.25) is 0 Å². The van der Waals surface area contributed by atoms with Gasteiger partial charge in [-0.2, -0.15) is 0 Å². The third kappa shape index (κ3) is 8.59. The highest BCUT2D eigenvalue weighted by atomic mass is 31.2. The van der Waals surface area contributed by atoms with Gasteiger partial charge in [0.2, 0.25) is 0 Å². The van der Waals surface area contributed by atoms with Crippen LogP contribution < -0.4 is 15.9 Å². The zero-order valence-electron chi connectivity index (χ0n) is 22.1. The van der Waals surface area contributed by atoms with Gasteiger partial charge in [0.05, 0.1) is 12.8 Å². The molecule has 0 saturated heterocycles. The Morgan fingerprint density at radius 2 is 0.917 bits per heavy atom. The van der Waals surface area contributed by atoms with E-state index in [1.54, 1.807) is 0 Å². The number of carbonyl (C=O) groups is 1. The summed E-state index contributed by atoms with van der Waals surface area (Å²) in [6, 6.07) is 33.7. The van der Waals surface area contributed by atoms with Crippen LogP contribution in [0, 0.1) is 0 Å². The Morgan fingerprint density at radius 3 is 1.31 bits per heavy atom. The molecular formula is C33H44O2P+. The summed E-state index contributed by atoms with van der Waals surface area (Å²) >= 11 is 0. The predicted octanol–water partition coefficient (Wildman–Crippen LogP) is 7.83. The summed E-state index contributed by atoms with van der Waals surface area (Å²) < 4.78 is 4.99. The van der Waals surface area contributed by atoms with Gasteiger partial charge in [-0.3, -0.25) is 4.79 Å². The first-order valence-electron chi connectivity index (χ1n) is 14.0. The second kappa shape index (κ2) is 16.3. The molecule has 0 aromatic heterocycles. The van der Waals surface area contributed by atoms with Crippen molar-refractivity contribution in [1.82, 2.24) is 0 Å². The molecule has 0 aliphatic carbocycles. The molecule has 0 heterocycles. The molecule has 0 aliphatic heterocycles. The quantitative estimate of drug-likeness (QED) is 0.107. The van der Waals surface area contributed by atoms with Crippen molar-refractivity contribution >= 4 is 29.1 Å². The maximum Gasteiger partial charge on any atom is 0.305 e. The monoisotopic (exact) mass is 503 g/mol. The van der Waals surface area contributed by atoms with Gasteiger partial charge in [-0.15, -0.1) is 0 Å². The number of benzene rings is 3. The van der Waals surface area contributed by atoms with Crippen molar-refractivity contribution in [1.29, 1.82) is 0 Å². The van der Waals surface area contributed by atoms with Crippen molar-refractivity contribution in [3.05, 3.63) is 91.0 Å². The van der Waals surface area contributed by atoms with Crippen molar-refractivity contribution < 1.29 is 9.53 Å². The van der Waals surface area contributed by atoms with E-state index in [2.05, 4.69) is 91.0 Å². The van der Waals surface area contributed by atoms with E-state index in [0.717, 1.165) is 12.8 Å². The van der Waals surface area contributed by atoms with Crippen LogP contribution in [0.4, 0.5) is 0 Å². The van der Waals surface area contributed by atoms with Crippen molar-refractivity contribution in [2.75, 3.05) is 12.8 Å². The van der Waals surface area contributed by atoms with Crippen LogP contribution in [0.15, 0.2) is 91.0 Å². The summed E-state index contributed by atoms with van der Waals surface area (Å²) in [5, 5.41) is 4.47. The van der Waals surface area contributed by atoms with Crippen LogP contribution in [0.1, 0.15) is 77.6 Å². The molecule has 3 rings (SSSR count). The number of hydrogen-bond donors (Lipinski definition) is 0. The fraction of sp³-hybridized carbons (Fsp3) is 0.424. The molecule has 0 unspecified atom stereocenters. The van der Waals surface area contributed by atoms with Crippen molar-refractivity contribution in [3.8, 4) is 0 Å². The highest BCUT2D eigenvalue weighted by Gasteiger charge is 2.44. The summed E-state index contributed by atoms with van der Waals surface area (Å²) in [4.78, 5) is 11.4. The fourth-order valence-electron chi connectivity index (χ4n) is 5.15. The molecule has 36 heavy (non-hydrogen) atoms. The van der Waals surface area contributed by atoms with Crippen molar-refractivity contribution in [3.63, 3.8) is 0 Å². The zero-order valence-corrected chi connectivity index (χ0v) is 23.0. The molecule has 0 radical (unpaired) electrons. The molecule has 0 amide bonds. The van der Waals surface area contributed by atoms with Crippen molar-refractivity contribution in [2.45, 2.75) is 77.6 Å². The summed E-state index contributed by atoms with van der Waals surface area (Å²) in [5.74, 6) is -0.0456. The number of carbonyl (C=O) groups excluding carboxylic acids is 1. The van der Waals surface area contributed by atoms with Crippen LogP contribution in [0.3, 0.4) is 0 Å². The normalized spacial score (nSPS) is 11.4. The molecule has 3 aromatic rings. The lowest BCUT2D eigenvalue weighted by Gasteiger charge is -2.27. The summed E-state index contributed by atoms with van der Waals surface area (Å²) in [5.41, 5.74) is 0. The lowest BCUT2D eigenvalue weighted by atomic mass is 10.1. The number of unbranched alkanes of at least 4 members (excludes halogenated alkanes) is 9. The van der Waals surface area contributed by atoms with Gasteiger partial charge < -0.3 is 4.74 Å². The Kier molecular flexibility index (Phi) is 12.8. The average molecular weight is 504 g/mol. The third-order valence-electron chi connectivity index (χ3n) is 7.02. The first kappa shape index (κ1) is 28.1. The largest absolute Gasteiger partial charge is 0.466 e. The Balaban J connectivity index is 1.48. The maximum absolute atomic E-state index is 11.4. The third-order valence-corrected chi connectivity index (χ3v) is 11.5. The minimum atomic E-state index is -1.68. The molecule has 192 valence electrons. The molecule has 2 nitrogen and oxygen atoms in total. The first-order chi connectivity index (χ1) is 17.8. The molecule has 0 N–H and O–H groups in total. The Labute approximate surface area is 219 Å². The SMILES string of the molecule is CCOC(=O)CCCCCCCCCCCC[P+](c1ccccc1)(c1ccccc1)c1ccccc1. The van der Waals surface area contributed by atoms with Crippen molar-refractivity contribution in [2.24, 2.45) is 0 Å². The van der Waals surface area contributed by atoms with Gasteiger partial charge in [0, 0.05) is 6.42 Å². The number of esters is 1. The molecule has 3 aromatic carbocycles. The Bertz CT molecular complexity index is 876. The summed E-state index contributed by atoms with van der Waals surface area (Å²) in [7, 11) is -1.68. The number of ether oxygens (including phenoxy) is 1. The van der Waals surface area contributed by atoms with E-state index in [4.69, 9.17) is 4.74 Å². The molecule has 0 atom stereocenters. The Hall–Kier alpha value is -2.44. The minimum absolute atomic E-state index is 0.0456. The van der Waals surface area contributed by atoms with Crippen LogP contribution in [-0.4, -0.2) is 18.7 Å². The van der Waals surface area contributed by atoms with E-state index < -0.39 is 7.26 Å². The lowest BCUT2D eigenvalue weighted by molar-refractivity contribution is -0.143. The Morgan fingerprint density at radius 1 is 0.556 bits per heavy atom. The van der Waals surface area contributed by atoms with Crippen LogP contribution >= 0.6 is 7.26 Å². The second-order valence-corrected chi connectivity index (χ2v) is 13.2. The van der Waals surface area contributed by atoms with Gasteiger partial charge in [0.25, 0.3) is 0 Å². The van der Waals surface area contributed by atoms with E-state index in [-0.39, 0.29) is 5.97 Å². The molecule has 0 spiro atoms. The average Bonchev–Trinajstić information content (AvgIpc) is 2.93. The molecule has 3 heteroatoms. The van der Waals surface area contributed by atoms with Gasteiger partial charge in [-0.1, -0.05) is 99.5 Å². The van der Waals surface area contributed by atoms with Gasteiger partial charge in [-0.25, -0.2) is 0 Å². The zero-order chi connectivity index (χ0) is 25.3. The number of rotatable bonds is 17. The molecule has 0 bridgehead atoms. The summed E-state index contributed by atoms with van der Waals surface area (Å²) in [6.07, 6.45) is 14.3. The molecular weight excluding hydrogens is 459 g/mol. The maximum atomic E-state index is 11.4. The first-order valence-corrected chi connectivity index (χ1v) is 16.0.